The standard InChI is InChI=1S/C17H23NO3/c1-12-9-18(10-13(2)21-12)17(19)11-20-16-7-6-14-4-3-5-15(14)8-16/h6-8,12-13H,3-5,9-11H2,1-2H3. The first-order valence-corrected chi connectivity index (χ1v) is 7.79. The number of rotatable bonds is 3. The van der Waals surface area contributed by atoms with Crippen molar-refractivity contribution in [2.75, 3.05) is 19.7 Å². The van der Waals surface area contributed by atoms with Crippen LogP contribution in [0, 0.1) is 0 Å². The molecule has 0 radical (unpaired) electrons. The molecule has 1 heterocycles. The van der Waals surface area contributed by atoms with Crippen LogP contribution < -0.4 is 4.74 Å². The lowest BCUT2D eigenvalue weighted by molar-refractivity contribution is -0.145. The Morgan fingerprint density at radius 2 is 1.95 bits per heavy atom. The summed E-state index contributed by atoms with van der Waals surface area (Å²) in [7, 11) is 0. The molecule has 1 aromatic carbocycles. The first-order valence-electron chi connectivity index (χ1n) is 7.79. The van der Waals surface area contributed by atoms with Gasteiger partial charge in [-0.3, -0.25) is 4.79 Å². The van der Waals surface area contributed by atoms with E-state index in [9.17, 15) is 4.79 Å². The van der Waals surface area contributed by atoms with Gasteiger partial charge >= 0.3 is 0 Å². The normalized spacial score (nSPS) is 24.8. The van der Waals surface area contributed by atoms with E-state index in [1.807, 2.05) is 24.8 Å². The third kappa shape index (κ3) is 3.38. The van der Waals surface area contributed by atoms with Crippen LogP contribution >= 0.6 is 0 Å². The smallest absolute Gasteiger partial charge is 0.260 e. The van der Waals surface area contributed by atoms with Crippen molar-refractivity contribution >= 4 is 5.91 Å². The topological polar surface area (TPSA) is 38.8 Å². The third-order valence-corrected chi connectivity index (χ3v) is 4.20. The molecule has 2 unspecified atom stereocenters. The van der Waals surface area contributed by atoms with Crippen LogP contribution in [0.1, 0.15) is 31.4 Å². The molecule has 0 spiro atoms. The summed E-state index contributed by atoms with van der Waals surface area (Å²) in [4.78, 5) is 14.1. The molecule has 114 valence electrons. The Balaban J connectivity index is 1.56. The van der Waals surface area contributed by atoms with Crippen molar-refractivity contribution in [1.82, 2.24) is 4.90 Å². The van der Waals surface area contributed by atoms with Crippen molar-refractivity contribution in [2.24, 2.45) is 0 Å². The van der Waals surface area contributed by atoms with E-state index in [1.165, 1.54) is 17.5 Å². The largest absolute Gasteiger partial charge is 0.484 e. The number of fused-ring (bicyclic) bond motifs is 1. The Labute approximate surface area is 126 Å². The molecule has 4 nitrogen and oxygen atoms in total. The number of aryl methyl sites for hydroxylation is 2. The van der Waals surface area contributed by atoms with Gasteiger partial charge in [-0.1, -0.05) is 6.07 Å². The molecule has 3 rings (SSSR count). The lowest BCUT2D eigenvalue weighted by Gasteiger charge is -2.35. The molecule has 1 aliphatic carbocycles. The quantitative estimate of drug-likeness (QED) is 0.856. The van der Waals surface area contributed by atoms with Crippen molar-refractivity contribution in [3.05, 3.63) is 29.3 Å². The van der Waals surface area contributed by atoms with Crippen LogP contribution in [0.4, 0.5) is 0 Å². The van der Waals surface area contributed by atoms with E-state index >= 15 is 0 Å². The predicted molar refractivity (Wildman–Crippen MR) is 80.6 cm³/mol. The minimum absolute atomic E-state index is 0.0394. The summed E-state index contributed by atoms with van der Waals surface area (Å²) < 4.78 is 11.3. The Hall–Kier alpha value is -1.55. The molecule has 2 aliphatic rings. The molecule has 1 amide bonds. The number of ether oxygens (including phenoxy) is 2. The van der Waals surface area contributed by atoms with Gasteiger partial charge in [-0.05, 0) is 56.4 Å². The highest BCUT2D eigenvalue weighted by molar-refractivity contribution is 5.78. The van der Waals surface area contributed by atoms with Gasteiger partial charge in [-0.25, -0.2) is 0 Å². The summed E-state index contributed by atoms with van der Waals surface area (Å²) in [6, 6.07) is 6.18. The van der Waals surface area contributed by atoms with E-state index in [1.54, 1.807) is 0 Å². The molecule has 0 bridgehead atoms. The number of carbonyl (C=O) groups excluding carboxylic acids is 1. The van der Waals surface area contributed by atoms with Crippen LogP contribution in [0.2, 0.25) is 0 Å². The minimum atomic E-state index is 0.0394. The highest BCUT2D eigenvalue weighted by Crippen LogP contribution is 2.26. The predicted octanol–water partition coefficient (Wildman–Crippen LogP) is 2.19. The average Bonchev–Trinajstić information content (AvgIpc) is 2.91. The second-order valence-electron chi connectivity index (χ2n) is 6.13. The van der Waals surface area contributed by atoms with Crippen LogP contribution in [0.15, 0.2) is 18.2 Å². The van der Waals surface area contributed by atoms with Crippen LogP contribution in [0.3, 0.4) is 0 Å². The maximum absolute atomic E-state index is 12.2. The first kappa shape index (κ1) is 14.4. The number of carbonyl (C=O) groups is 1. The van der Waals surface area contributed by atoms with E-state index in [-0.39, 0.29) is 24.7 Å². The average molecular weight is 289 g/mol. The zero-order valence-corrected chi connectivity index (χ0v) is 12.8. The highest BCUT2D eigenvalue weighted by Gasteiger charge is 2.26. The second-order valence-corrected chi connectivity index (χ2v) is 6.13. The van der Waals surface area contributed by atoms with E-state index in [0.717, 1.165) is 18.6 Å². The summed E-state index contributed by atoms with van der Waals surface area (Å²) in [5.41, 5.74) is 2.79. The second kappa shape index (κ2) is 6.06. The number of amides is 1. The van der Waals surface area contributed by atoms with Gasteiger partial charge in [-0.15, -0.1) is 0 Å². The monoisotopic (exact) mass is 289 g/mol. The number of morpholine rings is 1. The lowest BCUT2D eigenvalue weighted by Crippen LogP contribution is -2.49. The van der Waals surface area contributed by atoms with Gasteiger partial charge in [0.2, 0.25) is 0 Å². The first-order chi connectivity index (χ1) is 10.1. The van der Waals surface area contributed by atoms with Crippen LogP contribution in [-0.2, 0) is 22.4 Å². The van der Waals surface area contributed by atoms with Gasteiger partial charge in [0.15, 0.2) is 6.61 Å². The zero-order valence-electron chi connectivity index (χ0n) is 12.8. The molecule has 4 heteroatoms. The Morgan fingerprint density at radius 3 is 2.71 bits per heavy atom. The van der Waals surface area contributed by atoms with E-state index in [0.29, 0.717) is 13.1 Å². The molecular formula is C17H23NO3. The molecule has 0 N–H and O–H groups in total. The fourth-order valence-corrected chi connectivity index (χ4v) is 3.26. The Morgan fingerprint density at radius 1 is 1.24 bits per heavy atom. The van der Waals surface area contributed by atoms with Crippen LogP contribution in [0.5, 0.6) is 5.75 Å². The van der Waals surface area contributed by atoms with Crippen LogP contribution in [0.25, 0.3) is 0 Å². The summed E-state index contributed by atoms with van der Waals surface area (Å²) in [5, 5.41) is 0. The molecule has 2 atom stereocenters. The van der Waals surface area contributed by atoms with Crippen molar-refractivity contribution in [3.8, 4) is 5.75 Å². The molecule has 1 aliphatic heterocycles. The molecular weight excluding hydrogens is 266 g/mol. The summed E-state index contributed by atoms with van der Waals surface area (Å²) >= 11 is 0. The molecule has 21 heavy (non-hydrogen) atoms. The summed E-state index contributed by atoms with van der Waals surface area (Å²) in [6.07, 6.45) is 3.70. The van der Waals surface area contributed by atoms with Crippen molar-refractivity contribution in [1.29, 1.82) is 0 Å². The van der Waals surface area contributed by atoms with Crippen LogP contribution in [-0.4, -0.2) is 42.7 Å². The van der Waals surface area contributed by atoms with E-state index < -0.39 is 0 Å². The highest BCUT2D eigenvalue weighted by atomic mass is 16.5. The molecule has 1 aromatic rings. The van der Waals surface area contributed by atoms with Crippen molar-refractivity contribution in [3.63, 3.8) is 0 Å². The van der Waals surface area contributed by atoms with Gasteiger partial charge in [0, 0.05) is 13.1 Å². The lowest BCUT2D eigenvalue weighted by atomic mass is 10.1. The molecule has 1 saturated heterocycles. The van der Waals surface area contributed by atoms with Gasteiger partial charge < -0.3 is 14.4 Å². The van der Waals surface area contributed by atoms with E-state index in [2.05, 4.69) is 12.1 Å². The third-order valence-electron chi connectivity index (χ3n) is 4.20. The summed E-state index contributed by atoms with van der Waals surface area (Å²) in [6.45, 7) is 5.40. The zero-order chi connectivity index (χ0) is 14.8. The van der Waals surface area contributed by atoms with Gasteiger partial charge in [-0.2, -0.15) is 0 Å². The number of nitrogens with zero attached hydrogens (tertiary/aromatic N) is 1. The molecule has 0 aromatic heterocycles. The van der Waals surface area contributed by atoms with E-state index in [4.69, 9.17) is 9.47 Å². The Bertz CT molecular complexity index is 519. The fourth-order valence-electron chi connectivity index (χ4n) is 3.26. The van der Waals surface area contributed by atoms with Crippen molar-refractivity contribution in [2.45, 2.75) is 45.3 Å². The van der Waals surface area contributed by atoms with Gasteiger partial charge in [0.1, 0.15) is 5.75 Å². The number of benzene rings is 1. The minimum Gasteiger partial charge on any atom is -0.484 e. The molecule has 1 fully saturated rings. The maximum Gasteiger partial charge on any atom is 0.260 e. The van der Waals surface area contributed by atoms with Gasteiger partial charge in [0.05, 0.1) is 12.2 Å². The Kier molecular flexibility index (Phi) is 4.15. The summed E-state index contributed by atoms with van der Waals surface area (Å²) in [5.74, 6) is 0.843. The number of hydrogen-bond donors (Lipinski definition) is 0. The SMILES string of the molecule is CC1CN(C(=O)COc2ccc3c(c2)CCC3)CC(C)O1. The maximum atomic E-state index is 12.2. The van der Waals surface area contributed by atoms with Gasteiger partial charge in [0.25, 0.3) is 5.91 Å². The van der Waals surface area contributed by atoms with Crippen molar-refractivity contribution < 1.29 is 14.3 Å². The number of hydrogen-bond acceptors (Lipinski definition) is 3. The fraction of sp³-hybridized carbons (Fsp3) is 0.588. The molecule has 0 saturated carbocycles.